The second-order valence-corrected chi connectivity index (χ2v) is 4.78. The van der Waals surface area contributed by atoms with E-state index in [0.29, 0.717) is 22.3 Å². The van der Waals surface area contributed by atoms with Gasteiger partial charge in [-0.3, -0.25) is 4.79 Å². The Kier molecular flexibility index (Phi) is 4.61. The molecule has 0 spiro atoms. The molecule has 7 heteroatoms. The zero-order valence-electron chi connectivity index (χ0n) is 10.6. The zero-order valence-corrected chi connectivity index (χ0v) is 12.7. The number of methoxy groups -OCH3 is 1. The summed E-state index contributed by atoms with van der Waals surface area (Å²) in [5.41, 5.74) is 0.485. The van der Waals surface area contributed by atoms with Crippen molar-refractivity contribution in [2.45, 2.75) is 12.5 Å². The molecule has 0 bridgehead atoms. The lowest BCUT2D eigenvalue weighted by Gasteiger charge is -2.11. The van der Waals surface area contributed by atoms with Crippen molar-refractivity contribution in [3.05, 3.63) is 40.2 Å². The Bertz CT molecular complexity index is 697. The Morgan fingerprint density at radius 2 is 2.25 bits per heavy atom. The first-order chi connectivity index (χ1) is 9.55. The number of halogens is 1. The van der Waals surface area contributed by atoms with E-state index in [-0.39, 0.29) is 6.42 Å². The number of carbonyl (C=O) groups is 1. The maximum Gasteiger partial charge on any atom is 0.336 e. The van der Waals surface area contributed by atoms with E-state index in [9.17, 15) is 9.59 Å². The van der Waals surface area contributed by atoms with E-state index in [2.05, 4.69) is 3.53 Å². The standard InChI is InChI=1S/C13H12INO5/c1-19-8-2-3-9-7(4-10(15-14)13(17)18)5-12(16)20-11(9)6-8/h2-3,5-6,10,15H,4H2,1H3,(H,17,18)/t10-/m0/s1. The van der Waals surface area contributed by atoms with Crippen molar-refractivity contribution in [2.24, 2.45) is 0 Å². The number of benzene rings is 1. The molecule has 1 aromatic heterocycles. The van der Waals surface area contributed by atoms with Crippen LogP contribution < -0.4 is 13.9 Å². The largest absolute Gasteiger partial charge is 0.497 e. The lowest BCUT2D eigenvalue weighted by atomic mass is 10.0. The van der Waals surface area contributed by atoms with Crippen LogP contribution in [0.1, 0.15) is 5.56 Å². The highest BCUT2D eigenvalue weighted by Crippen LogP contribution is 2.23. The average Bonchev–Trinajstić information content (AvgIpc) is 2.43. The molecular formula is C13H12INO5. The van der Waals surface area contributed by atoms with Crippen LogP contribution in [0.4, 0.5) is 0 Å². The highest BCUT2D eigenvalue weighted by molar-refractivity contribution is 14.1. The SMILES string of the molecule is COc1ccc2c(C[C@H](NI)C(=O)O)cc(=O)oc2c1. The van der Waals surface area contributed by atoms with Gasteiger partial charge in [0.1, 0.15) is 17.4 Å². The van der Waals surface area contributed by atoms with Gasteiger partial charge in [-0.05, 0) is 17.7 Å². The third-order valence-corrected chi connectivity index (χ3v) is 3.64. The summed E-state index contributed by atoms with van der Waals surface area (Å²) in [5.74, 6) is -0.408. The fourth-order valence-corrected chi connectivity index (χ4v) is 2.39. The molecule has 0 amide bonds. The van der Waals surface area contributed by atoms with E-state index < -0.39 is 17.6 Å². The van der Waals surface area contributed by atoms with Crippen molar-refractivity contribution >= 4 is 39.8 Å². The van der Waals surface area contributed by atoms with Gasteiger partial charge < -0.3 is 14.3 Å². The highest BCUT2D eigenvalue weighted by atomic mass is 127. The van der Waals surface area contributed by atoms with E-state index in [1.54, 1.807) is 41.1 Å². The summed E-state index contributed by atoms with van der Waals surface area (Å²) in [6.45, 7) is 0. The molecule has 2 aromatic rings. The van der Waals surface area contributed by atoms with Crippen LogP contribution in [0.3, 0.4) is 0 Å². The van der Waals surface area contributed by atoms with Crippen LogP contribution in [0.25, 0.3) is 11.0 Å². The predicted octanol–water partition coefficient (Wildman–Crippen LogP) is 1.74. The normalized spacial score (nSPS) is 12.3. The topological polar surface area (TPSA) is 88.8 Å². The van der Waals surface area contributed by atoms with Gasteiger partial charge in [-0.25, -0.2) is 8.32 Å². The molecule has 2 N–H and O–H groups in total. The average molecular weight is 389 g/mol. The van der Waals surface area contributed by atoms with Crippen molar-refractivity contribution in [1.82, 2.24) is 3.53 Å². The zero-order chi connectivity index (χ0) is 14.7. The summed E-state index contributed by atoms with van der Waals surface area (Å²) in [4.78, 5) is 22.6. The van der Waals surface area contributed by atoms with Crippen molar-refractivity contribution in [3.63, 3.8) is 0 Å². The molecule has 0 fully saturated rings. The van der Waals surface area contributed by atoms with Gasteiger partial charge in [0.15, 0.2) is 0 Å². The first kappa shape index (κ1) is 14.8. The quantitative estimate of drug-likeness (QED) is 0.460. The van der Waals surface area contributed by atoms with Gasteiger partial charge in [0.2, 0.25) is 0 Å². The van der Waals surface area contributed by atoms with Crippen LogP contribution in [0, 0.1) is 0 Å². The number of hydrogen-bond donors (Lipinski definition) is 2. The Balaban J connectivity index is 2.52. The third kappa shape index (κ3) is 3.10. The molecule has 0 aliphatic heterocycles. The summed E-state index contributed by atoms with van der Waals surface area (Å²) >= 11 is 1.78. The predicted molar refractivity (Wildman–Crippen MR) is 81.3 cm³/mol. The van der Waals surface area contributed by atoms with Gasteiger partial charge in [-0.2, -0.15) is 0 Å². The molecule has 6 nitrogen and oxygen atoms in total. The molecule has 20 heavy (non-hydrogen) atoms. The van der Waals surface area contributed by atoms with Crippen LogP contribution in [0.2, 0.25) is 0 Å². The number of rotatable bonds is 5. The highest BCUT2D eigenvalue weighted by Gasteiger charge is 2.18. The summed E-state index contributed by atoms with van der Waals surface area (Å²) in [5, 5.41) is 9.77. The number of carboxylic acids is 1. The Hall–Kier alpha value is -1.61. The fraction of sp³-hybridized carbons (Fsp3) is 0.231. The van der Waals surface area contributed by atoms with Crippen molar-refractivity contribution in [2.75, 3.05) is 7.11 Å². The van der Waals surface area contributed by atoms with Crippen LogP contribution >= 0.6 is 22.9 Å². The van der Waals surface area contributed by atoms with E-state index in [1.165, 1.54) is 13.2 Å². The van der Waals surface area contributed by atoms with Crippen molar-refractivity contribution in [1.29, 1.82) is 0 Å². The molecule has 1 heterocycles. The molecule has 1 aromatic carbocycles. The number of carboxylic acid groups (broad SMARTS) is 1. The minimum absolute atomic E-state index is 0.187. The van der Waals surface area contributed by atoms with Crippen molar-refractivity contribution in [3.8, 4) is 5.75 Å². The molecule has 0 unspecified atom stereocenters. The van der Waals surface area contributed by atoms with Gasteiger partial charge >= 0.3 is 11.6 Å². The third-order valence-electron chi connectivity index (χ3n) is 2.89. The maximum absolute atomic E-state index is 11.6. The first-order valence-corrected chi connectivity index (χ1v) is 6.82. The molecule has 0 radical (unpaired) electrons. The van der Waals surface area contributed by atoms with Gasteiger partial charge in [0.25, 0.3) is 0 Å². The smallest absolute Gasteiger partial charge is 0.336 e. The van der Waals surface area contributed by atoms with Crippen LogP contribution in [0.15, 0.2) is 33.5 Å². The molecular weight excluding hydrogens is 377 g/mol. The monoisotopic (exact) mass is 389 g/mol. The van der Waals surface area contributed by atoms with E-state index in [0.717, 1.165) is 0 Å². The van der Waals surface area contributed by atoms with E-state index in [4.69, 9.17) is 14.3 Å². The lowest BCUT2D eigenvalue weighted by molar-refractivity contribution is -0.138. The Morgan fingerprint density at radius 3 is 2.85 bits per heavy atom. The van der Waals surface area contributed by atoms with E-state index >= 15 is 0 Å². The second kappa shape index (κ2) is 6.23. The van der Waals surface area contributed by atoms with Crippen LogP contribution in [0.5, 0.6) is 5.75 Å². The van der Waals surface area contributed by atoms with Gasteiger partial charge in [-0.1, -0.05) is 0 Å². The summed E-state index contributed by atoms with van der Waals surface area (Å²) in [6, 6.07) is 5.63. The summed E-state index contributed by atoms with van der Waals surface area (Å²) in [7, 11) is 1.52. The van der Waals surface area contributed by atoms with Crippen molar-refractivity contribution < 1.29 is 19.1 Å². The van der Waals surface area contributed by atoms with Crippen LogP contribution in [-0.4, -0.2) is 24.2 Å². The second-order valence-electron chi connectivity index (χ2n) is 4.16. The maximum atomic E-state index is 11.6. The van der Waals surface area contributed by atoms with Gasteiger partial charge in [0, 0.05) is 46.8 Å². The molecule has 1 atom stereocenters. The summed E-state index contributed by atoms with van der Waals surface area (Å²) in [6.07, 6.45) is 0.187. The minimum Gasteiger partial charge on any atom is -0.497 e. The summed E-state index contributed by atoms with van der Waals surface area (Å²) < 4.78 is 12.9. The number of fused-ring (bicyclic) bond motifs is 1. The molecule has 0 saturated heterocycles. The van der Waals surface area contributed by atoms with Crippen LogP contribution in [-0.2, 0) is 11.2 Å². The van der Waals surface area contributed by atoms with Gasteiger partial charge in [-0.15, -0.1) is 0 Å². The number of ether oxygens (including phenoxy) is 1. The van der Waals surface area contributed by atoms with Gasteiger partial charge in [0.05, 0.1) is 7.11 Å². The van der Waals surface area contributed by atoms with E-state index in [1.807, 2.05) is 0 Å². The number of nitrogens with one attached hydrogen (secondary N) is 1. The lowest BCUT2D eigenvalue weighted by Crippen LogP contribution is -2.32. The molecule has 2 rings (SSSR count). The number of aliphatic carboxylic acids is 1. The Labute approximate surface area is 128 Å². The molecule has 0 aliphatic carbocycles. The first-order valence-electron chi connectivity index (χ1n) is 5.75. The molecule has 0 saturated carbocycles. The Morgan fingerprint density at radius 1 is 1.50 bits per heavy atom. The fourth-order valence-electron chi connectivity index (χ4n) is 1.90. The molecule has 106 valence electrons. The molecule has 0 aliphatic rings. The number of hydrogen-bond acceptors (Lipinski definition) is 5. The minimum atomic E-state index is -0.977.